The van der Waals surface area contributed by atoms with Crippen molar-refractivity contribution in [2.45, 2.75) is 19.4 Å². The average Bonchev–Trinajstić information content (AvgIpc) is 3.39. The van der Waals surface area contributed by atoms with Crippen LogP contribution in [0.2, 0.25) is 5.02 Å². The molecule has 1 amide bonds. The maximum absolute atomic E-state index is 12.9. The molecular weight excluding hydrogens is 456 g/mol. The van der Waals surface area contributed by atoms with Gasteiger partial charge < -0.3 is 9.84 Å². The Morgan fingerprint density at radius 2 is 1.79 bits per heavy atom. The first kappa shape index (κ1) is 22.4. The fourth-order valence-electron chi connectivity index (χ4n) is 4.41. The standard InChI is InChI=1S/C24H25ClN6O3/c1-29-19-8-7-18(13-20(19)30(2)24(29)33)26-23(32)16-9-11-31(12-10-16)14-21-27-22(28-34-21)15-3-5-17(25)6-4-15/h3-8,13,16H,9-12,14H2,1-2H3,(H,26,32). The molecule has 0 spiro atoms. The average molecular weight is 481 g/mol. The minimum absolute atomic E-state index is 0.00254. The number of amides is 1. The number of benzene rings is 2. The lowest BCUT2D eigenvalue weighted by Crippen LogP contribution is -2.37. The van der Waals surface area contributed by atoms with Crippen LogP contribution in [0, 0.1) is 5.92 Å². The van der Waals surface area contributed by atoms with E-state index >= 15 is 0 Å². The molecule has 2 aromatic heterocycles. The van der Waals surface area contributed by atoms with Crippen LogP contribution in [-0.4, -0.2) is 43.2 Å². The van der Waals surface area contributed by atoms with E-state index in [0.29, 0.717) is 29.0 Å². The Hall–Kier alpha value is -3.43. The van der Waals surface area contributed by atoms with Crippen molar-refractivity contribution >= 4 is 34.2 Å². The third-order valence-corrected chi connectivity index (χ3v) is 6.68. The summed E-state index contributed by atoms with van der Waals surface area (Å²) in [5.74, 6) is 1.02. The summed E-state index contributed by atoms with van der Waals surface area (Å²) in [5, 5.41) is 7.74. The lowest BCUT2D eigenvalue weighted by molar-refractivity contribution is -0.121. The number of piperidine rings is 1. The fourth-order valence-corrected chi connectivity index (χ4v) is 4.53. The Kier molecular flexibility index (Phi) is 5.97. The van der Waals surface area contributed by atoms with E-state index in [-0.39, 0.29) is 17.5 Å². The second kappa shape index (κ2) is 9.08. The van der Waals surface area contributed by atoms with Gasteiger partial charge in [0.2, 0.25) is 17.6 Å². The van der Waals surface area contributed by atoms with Gasteiger partial charge in [-0.25, -0.2) is 4.79 Å². The first-order valence-corrected chi connectivity index (χ1v) is 11.5. The molecule has 176 valence electrons. The number of carbonyl (C=O) groups excluding carboxylic acids is 1. The number of hydrogen-bond donors (Lipinski definition) is 1. The van der Waals surface area contributed by atoms with Gasteiger partial charge in [-0.3, -0.25) is 18.8 Å². The number of fused-ring (bicyclic) bond motifs is 1. The maximum Gasteiger partial charge on any atom is 0.328 e. The van der Waals surface area contributed by atoms with Crippen molar-refractivity contribution in [3.8, 4) is 11.4 Å². The van der Waals surface area contributed by atoms with Gasteiger partial charge in [0.1, 0.15) is 0 Å². The highest BCUT2D eigenvalue weighted by Crippen LogP contribution is 2.24. The molecule has 10 heteroatoms. The molecule has 1 fully saturated rings. The van der Waals surface area contributed by atoms with Crippen molar-refractivity contribution in [3.05, 3.63) is 63.9 Å². The number of hydrogen-bond acceptors (Lipinski definition) is 6. The quantitative estimate of drug-likeness (QED) is 0.470. The topological polar surface area (TPSA) is 98.2 Å². The van der Waals surface area contributed by atoms with Gasteiger partial charge in [-0.05, 0) is 68.4 Å². The number of carbonyl (C=O) groups is 1. The van der Waals surface area contributed by atoms with Crippen LogP contribution in [-0.2, 0) is 25.4 Å². The Morgan fingerprint density at radius 1 is 1.09 bits per heavy atom. The van der Waals surface area contributed by atoms with Crippen LogP contribution in [0.4, 0.5) is 5.69 Å². The van der Waals surface area contributed by atoms with Gasteiger partial charge in [0, 0.05) is 36.3 Å². The van der Waals surface area contributed by atoms with Gasteiger partial charge >= 0.3 is 5.69 Å². The predicted molar refractivity (Wildman–Crippen MR) is 130 cm³/mol. The molecule has 1 aliphatic heterocycles. The number of likely N-dealkylation sites (tertiary alicyclic amines) is 1. The van der Waals surface area contributed by atoms with Crippen LogP contribution in [0.5, 0.6) is 0 Å². The Morgan fingerprint density at radius 3 is 2.53 bits per heavy atom. The number of imidazole rings is 1. The highest BCUT2D eigenvalue weighted by molar-refractivity contribution is 6.30. The molecule has 2 aromatic carbocycles. The zero-order chi connectivity index (χ0) is 23.8. The zero-order valence-electron chi connectivity index (χ0n) is 19.0. The molecule has 0 radical (unpaired) electrons. The first-order chi connectivity index (χ1) is 16.4. The maximum atomic E-state index is 12.9. The van der Waals surface area contributed by atoms with E-state index < -0.39 is 0 Å². The summed E-state index contributed by atoms with van der Waals surface area (Å²) in [5.41, 5.74) is 3.08. The van der Waals surface area contributed by atoms with E-state index in [0.717, 1.165) is 42.5 Å². The molecule has 0 bridgehead atoms. The predicted octanol–water partition coefficient (Wildman–Crippen LogP) is 3.43. The van der Waals surface area contributed by atoms with Crippen LogP contribution in [0.15, 0.2) is 51.8 Å². The number of halogens is 1. The molecule has 4 aromatic rings. The molecule has 1 N–H and O–H groups in total. The SMILES string of the molecule is Cn1c(=O)n(C)c2cc(NC(=O)C3CCN(Cc4nc(-c5ccc(Cl)cc5)no4)CC3)ccc21. The van der Waals surface area contributed by atoms with Crippen molar-refractivity contribution in [1.29, 1.82) is 0 Å². The minimum atomic E-state index is -0.0904. The molecule has 9 nitrogen and oxygen atoms in total. The van der Waals surface area contributed by atoms with Crippen LogP contribution in [0.25, 0.3) is 22.4 Å². The van der Waals surface area contributed by atoms with Crippen LogP contribution in [0.3, 0.4) is 0 Å². The summed E-state index contributed by atoms with van der Waals surface area (Å²) in [6.45, 7) is 2.08. The molecular formula is C24H25ClN6O3. The van der Waals surface area contributed by atoms with Crippen molar-refractivity contribution in [1.82, 2.24) is 24.2 Å². The van der Waals surface area contributed by atoms with Crippen molar-refractivity contribution in [2.75, 3.05) is 18.4 Å². The second-order valence-corrected chi connectivity index (χ2v) is 9.10. The van der Waals surface area contributed by atoms with Gasteiger partial charge in [0.05, 0.1) is 17.6 Å². The highest BCUT2D eigenvalue weighted by atomic mass is 35.5. The van der Waals surface area contributed by atoms with Crippen molar-refractivity contribution in [3.63, 3.8) is 0 Å². The molecule has 0 unspecified atom stereocenters. The summed E-state index contributed by atoms with van der Waals surface area (Å²) in [4.78, 5) is 31.7. The number of nitrogens with one attached hydrogen (secondary N) is 1. The van der Waals surface area contributed by atoms with Gasteiger partial charge in [-0.1, -0.05) is 16.8 Å². The van der Waals surface area contributed by atoms with E-state index in [2.05, 4.69) is 20.4 Å². The Bertz CT molecular complexity index is 1400. The van der Waals surface area contributed by atoms with Crippen LogP contribution < -0.4 is 11.0 Å². The lowest BCUT2D eigenvalue weighted by atomic mass is 9.96. The number of nitrogens with zero attached hydrogens (tertiary/aromatic N) is 5. The third-order valence-electron chi connectivity index (χ3n) is 6.43. The monoisotopic (exact) mass is 480 g/mol. The summed E-state index contributed by atoms with van der Waals surface area (Å²) in [6, 6.07) is 12.8. The van der Waals surface area contributed by atoms with Crippen LogP contribution in [0.1, 0.15) is 18.7 Å². The summed E-state index contributed by atoms with van der Waals surface area (Å²) < 4.78 is 8.60. The molecule has 0 atom stereocenters. The molecule has 1 saturated heterocycles. The summed E-state index contributed by atoms with van der Waals surface area (Å²) >= 11 is 5.94. The molecule has 34 heavy (non-hydrogen) atoms. The van der Waals surface area contributed by atoms with Gasteiger partial charge in [-0.15, -0.1) is 0 Å². The zero-order valence-corrected chi connectivity index (χ0v) is 19.7. The smallest absolute Gasteiger partial charge is 0.328 e. The summed E-state index contributed by atoms with van der Waals surface area (Å²) in [6.07, 6.45) is 1.49. The molecule has 5 rings (SSSR count). The largest absolute Gasteiger partial charge is 0.338 e. The second-order valence-electron chi connectivity index (χ2n) is 8.66. The van der Waals surface area contributed by atoms with Crippen molar-refractivity contribution in [2.24, 2.45) is 20.0 Å². The number of aromatic nitrogens is 4. The minimum Gasteiger partial charge on any atom is -0.338 e. The van der Waals surface area contributed by atoms with E-state index in [1.54, 1.807) is 35.4 Å². The van der Waals surface area contributed by atoms with E-state index in [4.69, 9.17) is 16.1 Å². The molecule has 1 aliphatic rings. The number of rotatable bonds is 5. The van der Waals surface area contributed by atoms with Gasteiger partial charge in [-0.2, -0.15) is 4.98 Å². The van der Waals surface area contributed by atoms with Gasteiger partial charge in [0.15, 0.2) is 0 Å². The van der Waals surface area contributed by atoms with Crippen molar-refractivity contribution < 1.29 is 9.32 Å². The molecule has 3 heterocycles. The Labute approximate surface area is 200 Å². The van der Waals surface area contributed by atoms with Crippen LogP contribution >= 0.6 is 11.6 Å². The molecule has 0 saturated carbocycles. The van der Waals surface area contributed by atoms with E-state index in [1.165, 1.54) is 0 Å². The number of aryl methyl sites for hydroxylation is 2. The fraction of sp³-hybridized carbons (Fsp3) is 0.333. The van der Waals surface area contributed by atoms with Gasteiger partial charge in [0.25, 0.3) is 0 Å². The van der Waals surface area contributed by atoms with E-state index in [9.17, 15) is 9.59 Å². The highest BCUT2D eigenvalue weighted by Gasteiger charge is 2.26. The normalized spacial score (nSPS) is 15.1. The number of anilines is 1. The third kappa shape index (κ3) is 4.36. The lowest BCUT2D eigenvalue weighted by Gasteiger charge is -2.30. The first-order valence-electron chi connectivity index (χ1n) is 11.2. The summed E-state index contributed by atoms with van der Waals surface area (Å²) in [7, 11) is 3.47. The van der Waals surface area contributed by atoms with E-state index in [1.807, 2.05) is 30.3 Å². The molecule has 0 aliphatic carbocycles. The Balaban J connectivity index is 1.17.